The minimum Gasteiger partial charge on any atom is -0.378 e. The predicted octanol–water partition coefficient (Wildman–Crippen LogP) is 1.65. The monoisotopic (exact) mass is 265 g/mol. The van der Waals surface area contributed by atoms with Gasteiger partial charge in [0.1, 0.15) is 0 Å². The first-order chi connectivity index (χ1) is 9.11. The molecule has 2 rings (SSSR count). The van der Waals surface area contributed by atoms with Gasteiger partial charge >= 0.3 is 0 Å². The molecule has 106 valence electrons. The van der Waals surface area contributed by atoms with E-state index < -0.39 is 0 Å². The Morgan fingerprint density at radius 1 is 1.37 bits per heavy atom. The Morgan fingerprint density at radius 3 is 2.63 bits per heavy atom. The molecule has 0 aromatic carbocycles. The van der Waals surface area contributed by atoms with Gasteiger partial charge in [-0.25, -0.2) is 4.98 Å². The number of methoxy groups -OCH3 is 1. The Balaban J connectivity index is 2.41. The van der Waals surface area contributed by atoms with Gasteiger partial charge in [-0.05, 0) is 18.8 Å². The third kappa shape index (κ3) is 3.35. The van der Waals surface area contributed by atoms with Crippen LogP contribution in [-0.2, 0) is 17.9 Å². The summed E-state index contributed by atoms with van der Waals surface area (Å²) >= 11 is 0. The van der Waals surface area contributed by atoms with Crippen LogP contribution in [0.5, 0.6) is 0 Å². The molecule has 1 aliphatic heterocycles. The average Bonchev–Trinajstić information content (AvgIpc) is 2.85. The third-order valence-electron chi connectivity index (χ3n) is 3.27. The van der Waals surface area contributed by atoms with E-state index in [-0.39, 0.29) is 5.56 Å². The summed E-state index contributed by atoms with van der Waals surface area (Å²) in [5.74, 6) is 1.24. The molecule has 0 unspecified atom stereocenters. The van der Waals surface area contributed by atoms with Crippen LogP contribution in [0.2, 0.25) is 0 Å². The van der Waals surface area contributed by atoms with Crippen molar-refractivity contribution in [3.63, 3.8) is 0 Å². The minimum atomic E-state index is 0.0256. The van der Waals surface area contributed by atoms with Crippen LogP contribution in [0, 0.1) is 5.92 Å². The Morgan fingerprint density at radius 2 is 2.05 bits per heavy atom. The molecule has 19 heavy (non-hydrogen) atoms. The largest absolute Gasteiger partial charge is 0.378 e. The van der Waals surface area contributed by atoms with Crippen molar-refractivity contribution in [2.24, 2.45) is 5.92 Å². The molecule has 1 aromatic rings. The summed E-state index contributed by atoms with van der Waals surface area (Å²) in [4.78, 5) is 19.1. The second-order valence-electron chi connectivity index (χ2n) is 5.52. The van der Waals surface area contributed by atoms with Crippen LogP contribution in [0.4, 0.5) is 5.95 Å². The van der Waals surface area contributed by atoms with Gasteiger partial charge in [-0.2, -0.15) is 0 Å². The van der Waals surface area contributed by atoms with E-state index in [1.165, 1.54) is 12.8 Å². The van der Waals surface area contributed by atoms with Crippen LogP contribution >= 0.6 is 0 Å². The Hall–Kier alpha value is -1.36. The summed E-state index contributed by atoms with van der Waals surface area (Å²) in [5, 5.41) is 0. The van der Waals surface area contributed by atoms with Gasteiger partial charge in [0.25, 0.3) is 5.56 Å². The molecule has 1 aliphatic rings. The van der Waals surface area contributed by atoms with Gasteiger partial charge < -0.3 is 9.64 Å². The normalized spacial score (nSPS) is 15.5. The maximum absolute atomic E-state index is 12.3. The predicted molar refractivity (Wildman–Crippen MR) is 75.5 cm³/mol. The second-order valence-corrected chi connectivity index (χ2v) is 5.52. The molecule has 0 spiro atoms. The van der Waals surface area contributed by atoms with E-state index in [0.717, 1.165) is 24.7 Å². The molecule has 1 saturated heterocycles. The van der Waals surface area contributed by atoms with E-state index in [1.54, 1.807) is 17.7 Å². The summed E-state index contributed by atoms with van der Waals surface area (Å²) in [6.07, 6.45) is 2.35. The van der Waals surface area contributed by atoms with Crippen molar-refractivity contribution in [3.8, 4) is 0 Å². The number of nitrogens with zero attached hydrogens (tertiary/aromatic N) is 3. The van der Waals surface area contributed by atoms with Crippen LogP contribution < -0.4 is 10.5 Å². The lowest BCUT2D eigenvalue weighted by molar-refractivity contribution is 0.181. The van der Waals surface area contributed by atoms with E-state index in [2.05, 4.69) is 23.7 Å². The lowest BCUT2D eigenvalue weighted by atomic mass is 10.2. The summed E-state index contributed by atoms with van der Waals surface area (Å²) < 4.78 is 6.89. The van der Waals surface area contributed by atoms with Gasteiger partial charge in [-0.3, -0.25) is 9.36 Å². The molecule has 0 amide bonds. The lowest BCUT2D eigenvalue weighted by Gasteiger charge is -2.22. The Labute approximate surface area is 114 Å². The number of rotatable bonds is 5. The average molecular weight is 265 g/mol. The van der Waals surface area contributed by atoms with E-state index in [4.69, 9.17) is 4.74 Å². The van der Waals surface area contributed by atoms with Crippen molar-refractivity contribution in [1.82, 2.24) is 9.55 Å². The number of hydrogen-bond donors (Lipinski definition) is 0. The first kappa shape index (κ1) is 14.1. The molecule has 5 nitrogen and oxygen atoms in total. The first-order valence-corrected chi connectivity index (χ1v) is 6.96. The van der Waals surface area contributed by atoms with Gasteiger partial charge in [0.2, 0.25) is 5.95 Å². The van der Waals surface area contributed by atoms with Crippen LogP contribution in [-0.4, -0.2) is 29.8 Å². The summed E-state index contributed by atoms with van der Waals surface area (Å²) in [5.41, 5.74) is 0.743. The van der Waals surface area contributed by atoms with E-state index >= 15 is 0 Å². The molecular formula is C14H23N3O2. The van der Waals surface area contributed by atoms with Crippen LogP contribution in [0.15, 0.2) is 10.9 Å². The lowest BCUT2D eigenvalue weighted by Crippen LogP contribution is -2.32. The first-order valence-electron chi connectivity index (χ1n) is 6.96. The van der Waals surface area contributed by atoms with Gasteiger partial charge in [-0.1, -0.05) is 13.8 Å². The molecule has 0 N–H and O–H groups in total. The minimum absolute atomic E-state index is 0.0256. The summed E-state index contributed by atoms with van der Waals surface area (Å²) in [6, 6.07) is 1.59. The second kappa shape index (κ2) is 6.19. The third-order valence-corrected chi connectivity index (χ3v) is 3.27. The van der Waals surface area contributed by atoms with Crippen LogP contribution in [0.1, 0.15) is 32.4 Å². The smallest absolute Gasteiger partial charge is 0.255 e. The molecule has 0 radical (unpaired) electrons. The molecule has 1 aromatic heterocycles. The molecule has 0 bridgehead atoms. The van der Waals surface area contributed by atoms with Crippen molar-refractivity contribution in [1.29, 1.82) is 0 Å². The van der Waals surface area contributed by atoms with Crippen LogP contribution in [0.3, 0.4) is 0 Å². The molecule has 2 heterocycles. The maximum Gasteiger partial charge on any atom is 0.255 e. The van der Waals surface area contributed by atoms with Crippen molar-refractivity contribution in [3.05, 3.63) is 22.1 Å². The zero-order valence-electron chi connectivity index (χ0n) is 12.1. The highest BCUT2D eigenvalue weighted by Gasteiger charge is 2.19. The van der Waals surface area contributed by atoms with Crippen molar-refractivity contribution in [2.75, 3.05) is 25.1 Å². The van der Waals surface area contributed by atoms with Crippen molar-refractivity contribution in [2.45, 2.75) is 39.8 Å². The zero-order valence-corrected chi connectivity index (χ0v) is 12.1. The SMILES string of the molecule is COCc1cc(=O)n(CC(C)C)c(N2CCCC2)n1. The summed E-state index contributed by atoms with van der Waals surface area (Å²) in [6.45, 7) is 7.30. The Kier molecular flexibility index (Phi) is 4.58. The molecule has 1 fully saturated rings. The zero-order chi connectivity index (χ0) is 13.8. The van der Waals surface area contributed by atoms with Gasteiger partial charge in [0.05, 0.1) is 12.3 Å². The molecule has 0 aliphatic carbocycles. The van der Waals surface area contributed by atoms with Crippen molar-refractivity contribution < 1.29 is 4.74 Å². The highest BCUT2D eigenvalue weighted by molar-refractivity contribution is 5.33. The topological polar surface area (TPSA) is 47.4 Å². The quantitative estimate of drug-likeness (QED) is 0.812. The van der Waals surface area contributed by atoms with E-state index in [0.29, 0.717) is 19.1 Å². The number of hydrogen-bond acceptors (Lipinski definition) is 4. The highest BCUT2D eigenvalue weighted by atomic mass is 16.5. The van der Waals surface area contributed by atoms with Gasteiger partial charge in [0.15, 0.2) is 0 Å². The van der Waals surface area contributed by atoms with Gasteiger partial charge in [0, 0.05) is 32.8 Å². The van der Waals surface area contributed by atoms with Crippen molar-refractivity contribution >= 4 is 5.95 Å². The number of ether oxygens (including phenoxy) is 1. The number of aromatic nitrogens is 2. The molecular weight excluding hydrogens is 242 g/mol. The van der Waals surface area contributed by atoms with E-state index in [1.807, 2.05) is 0 Å². The highest BCUT2D eigenvalue weighted by Crippen LogP contribution is 2.18. The van der Waals surface area contributed by atoms with Crippen LogP contribution in [0.25, 0.3) is 0 Å². The molecule has 5 heteroatoms. The fourth-order valence-corrected chi connectivity index (χ4v) is 2.46. The standard InChI is InChI=1S/C14H23N3O2/c1-11(2)9-17-13(18)8-12(10-19-3)15-14(17)16-6-4-5-7-16/h8,11H,4-7,9-10H2,1-3H3. The molecule has 0 saturated carbocycles. The number of anilines is 1. The summed E-state index contributed by atoms with van der Waals surface area (Å²) in [7, 11) is 1.62. The Bertz CT molecular complexity index is 476. The fourth-order valence-electron chi connectivity index (χ4n) is 2.46. The fraction of sp³-hybridized carbons (Fsp3) is 0.714. The van der Waals surface area contributed by atoms with E-state index in [9.17, 15) is 4.79 Å². The molecule has 0 atom stereocenters. The maximum atomic E-state index is 12.3. The van der Waals surface area contributed by atoms with Gasteiger partial charge in [-0.15, -0.1) is 0 Å².